The fraction of sp³-hybridized carbons (Fsp3) is 0.294. The number of methoxy groups -OCH3 is 1. The lowest BCUT2D eigenvalue weighted by Gasteiger charge is -2.16. The van der Waals surface area contributed by atoms with E-state index >= 15 is 0 Å². The maximum absolute atomic E-state index is 10.9. The molecule has 1 atom stereocenters. The summed E-state index contributed by atoms with van der Waals surface area (Å²) < 4.78 is 10.8. The molecule has 0 saturated heterocycles. The number of nitro groups is 1. The van der Waals surface area contributed by atoms with Crippen LogP contribution >= 0.6 is 15.9 Å². The predicted octanol–water partition coefficient (Wildman–Crippen LogP) is 3.39. The Morgan fingerprint density at radius 1 is 1.54 bits per heavy atom. The number of furan rings is 1. The van der Waals surface area contributed by atoms with Gasteiger partial charge in [0.25, 0.3) is 5.69 Å². The van der Waals surface area contributed by atoms with Crippen LogP contribution in [0.2, 0.25) is 0 Å². The van der Waals surface area contributed by atoms with Gasteiger partial charge in [0.05, 0.1) is 30.4 Å². The molecule has 136 valence electrons. The van der Waals surface area contributed by atoms with Gasteiger partial charge in [0, 0.05) is 30.3 Å². The molecular weight excluding hydrogens is 404 g/mol. The zero-order chi connectivity index (χ0) is 18.9. The molecular formula is C17H17BrN4O4. The van der Waals surface area contributed by atoms with Crippen molar-refractivity contribution >= 4 is 27.5 Å². The molecule has 1 N–H and O–H groups in total. The minimum absolute atomic E-state index is 0.0567. The lowest BCUT2D eigenvalue weighted by atomic mass is 9.98. The molecule has 0 spiro atoms. The topological polar surface area (TPSA) is 114 Å². The van der Waals surface area contributed by atoms with Crippen LogP contribution in [0.25, 0.3) is 0 Å². The van der Waals surface area contributed by atoms with Gasteiger partial charge in [0.15, 0.2) is 0 Å². The van der Waals surface area contributed by atoms with E-state index < -0.39 is 10.8 Å². The molecule has 0 amide bonds. The second kappa shape index (κ2) is 9.70. The van der Waals surface area contributed by atoms with E-state index in [4.69, 9.17) is 9.15 Å². The summed E-state index contributed by atoms with van der Waals surface area (Å²) in [6.45, 7) is 1.18. The average Bonchev–Trinajstić information content (AvgIpc) is 3.14. The molecule has 0 fully saturated rings. The Labute approximate surface area is 158 Å². The Morgan fingerprint density at radius 2 is 2.35 bits per heavy atom. The van der Waals surface area contributed by atoms with Crippen molar-refractivity contribution in [3.05, 3.63) is 62.5 Å². The number of aliphatic imine (C=N–C) groups is 1. The van der Waals surface area contributed by atoms with Gasteiger partial charge in [-0.2, -0.15) is 5.26 Å². The van der Waals surface area contributed by atoms with Crippen LogP contribution in [0, 0.1) is 21.4 Å². The van der Waals surface area contributed by atoms with Crippen LogP contribution in [0.15, 0.2) is 50.5 Å². The van der Waals surface area contributed by atoms with Crippen molar-refractivity contribution in [2.24, 2.45) is 4.99 Å². The van der Waals surface area contributed by atoms with Crippen LogP contribution in [0.4, 0.5) is 5.69 Å². The molecule has 1 heterocycles. The van der Waals surface area contributed by atoms with Crippen molar-refractivity contribution in [3.63, 3.8) is 0 Å². The van der Waals surface area contributed by atoms with Crippen LogP contribution in [0.3, 0.4) is 0 Å². The highest BCUT2D eigenvalue weighted by Crippen LogP contribution is 2.29. The molecule has 1 aromatic carbocycles. The minimum atomic E-state index is -0.725. The van der Waals surface area contributed by atoms with Crippen molar-refractivity contribution in [2.45, 2.75) is 12.5 Å². The van der Waals surface area contributed by atoms with E-state index in [0.717, 1.165) is 0 Å². The highest BCUT2D eigenvalue weighted by molar-refractivity contribution is 9.10. The SMILES string of the molecule is COCCNC(=NCc1ccco1)C(C#N)c1ccc([N+](=O)[O-])cc1Br. The van der Waals surface area contributed by atoms with E-state index in [1.54, 1.807) is 31.6 Å². The highest BCUT2D eigenvalue weighted by atomic mass is 79.9. The van der Waals surface area contributed by atoms with Crippen LogP contribution in [-0.4, -0.2) is 31.0 Å². The fourth-order valence-electron chi connectivity index (χ4n) is 2.24. The molecule has 1 unspecified atom stereocenters. The van der Waals surface area contributed by atoms with Crippen molar-refractivity contribution in [3.8, 4) is 6.07 Å². The molecule has 0 bridgehead atoms. The number of halogens is 1. The van der Waals surface area contributed by atoms with Gasteiger partial charge in [-0.15, -0.1) is 0 Å². The molecule has 26 heavy (non-hydrogen) atoms. The van der Waals surface area contributed by atoms with Crippen LogP contribution < -0.4 is 5.32 Å². The first kappa shape index (κ1) is 19.6. The molecule has 0 saturated carbocycles. The monoisotopic (exact) mass is 420 g/mol. The summed E-state index contributed by atoms with van der Waals surface area (Å²) in [5.41, 5.74) is 0.528. The number of rotatable bonds is 8. The summed E-state index contributed by atoms with van der Waals surface area (Å²) in [6.07, 6.45) is 1.55. The number of nitrogens with one attached hydrogen (secondary N) is 1. The van der Waals surface area contributed by atoms with Gasteiger partial charge in [0.2, 0.25) is 0 Å². The van der Waals surface area contributed by atoms with Gasteiger partial charge < -0.3 is 14.5 Å². The summed E-state index contributed by atoms with van der Waals surface area (Å²) in [4.78, 5) is 14.9. The average molecular weight is 421 g/mol. The molecule has 8 nitrogen and oxygen atoms in total. The molecule has 2 rings (SSSR count). The lowest BCUT2D eigenvalue weighted by Crippen LogP contribution is -2.32. The highest BCUT2D eigenvalue weighted by Gasteiger charge is 2.22. The van der Waals surface area contributed by atoms with Gasteiger partial charge >= 0.3 is 0 Å². The Balaban J connectivity index is 2.31. The van der Waals surface area contributed by atoms with Crippen molar-refractivity contribution < 1.29 is 14.1 Å². The normalized spacial score (nSPS) is 12.4. The number of non-ortho nitro benzene ring substituents is 1. The summed E-state index contributed by atoms with van der Waals surface area (Å²) >= 11 is 3.32. The van der Waals surface area contributed by atoms with Crippen molar-refractivity contribution in [2.75, 3.05) is 20.3 Å². The Morgan fingerprint density at radius 3 is 2.92 bits per heavy atom. The number of hydrogen-bond acceptors (Lipinski definition) is 6. The summed E-state index contributed by atoms with van der Waals surface area (Å²) in [5, 5.41) is 23.7. The third-order valence-electron chi connectivity index (χ3n) is 3.51. The van der Waals surface area contributed by atoms with E-state index in [1.165, 1.54) is 12.1 Å². The van der Waals surface area contributed by atoms with Gasteiger partial charge in [-0.05, 0) is 23.8 Å². The van der Waals surface area contributed by atoms with E-state index in [0.29, 0.717) is 34.8 Å². The van der Waals surface area contributed by atoms with Crippen molar-refractivity contribution in [1.82, 2.24) is 5.32 Å². The van der Waals surface area contributed by atoms with Crippen LogP contribution in [-0.2, 0) is 11.3 Å². The van der Waals surface area contributed by atoms with Gasteiger partial charge in [-0.25, -0.2) is 0 Å². The summed E-state index contributed by atoms with van der Waals surface area (Å²) in [6, 6.07) is 10.0. The largest absolute Gasteiger partial charge is 0.467 e. The number of nitrogens with zero attached hydrogens (tertiary/aromatic N) is 3. The molecule has 1 aromatic heterocycles. The number of nitro benzene ring substituents is 1. The maximum atomic E-state index is 10.9. The van der Waals surface area contributed by atoms with Crippen LogP contribution in [0.5, 0.6) is 0 Å². The van der Waals surface area contributed by atoms with E-state index in [2.05, 4.69) is 32.3 Å². The summed E-state index contributed by atoms with van der Waals surface area (Å²) in [5.74, 6) is 0.378. The predicted molar refractivity (Wildman–Crippen MR) is 98.9 cm³/mol. The standard InChI is InChI=1S/C17H17BrN4O4/c1-25-8-6-20-17(21-11-13-3-2-7-26-13)15(10-19)14-5-4-12(22(23)24)9-16(14)18/h2-5,7,9,15H,6,8,11H2,1H3,(H,20,21). The smallest absolute Gasteiger partial charge is 0.270 e. The second-order valence-corrected chi connectivity index (χ2v) is 6.08. The molecule has 0 radical (unpaired) electrons. The molecule has 2 aromatic rings. The van der Waals surface area contributed by atoms with Gasteiger partial charge in [0.1, 0.15) is 17.5 Å². The Hall–Kier alpha value is -2.70. The molecule has 0 aliphatic rings. The second-order valence-electron chi connectivity index (χ2n) is 5.23. The zero-order valence-corrected chi connectivity index (χ0v) is 15.6. The van der Waals surface area contributed by atoms with E-state index in [-0.39, 0.29) is 12.2 Å². The number of benzene rings is 1. The summed E-state index contributed by atoms with van der Waals surface area (Å²) in [7, 11) is 1.58. The third-order valence-corrected chi connectivity index (χ3v) is 4.19. The number of hydrogen-bond donors (Lipinski definition) is 1. The van der Waals surface area contributed by atoms with Gasteiger partial charge in [-0.1, -0.05) is 15.9 Å². The third kappa shape index (κ3) is 5.15. The number of nitriles is 1. The zero-order valence-electron chi connectivity index (χ0n) is 14.0. The van der Waals surface area contributed by atoms with Gasteiger partial charge in [-0.3, -0.25) is 15.1 Å². The lowest BCUT2D eigenvalue weighted by molar-refractivity contribution is -0.384. The first-order valence-electron chi connectivity index (χ1n) is 7.69. The van der Waals surface area contributed by atoms with E-state index in [1.807, 2.05) is 0 Å². The molecule has 0 aliphatic carbocycles. The molecule has 9 heteroatoms. The first-order valence-corrected chi connectivity index (χ1v) is 8.49. The van der Waals surface area contributed by atoms with Crippen molar-refractivity contribution in [1.29, 1.82) is 5.26 Å². The number of amidine groups is 1. The number of ether oxygens (including phenoxy) is 1. The Kier molecular flexibility index (Phi) is 7.32. The minimum Gasteiger partial charge on any atom is -0.467 e. The quantitative estimate of drug-likeness (QED) is 0.230. The first-order chi connectivity index (χ1) is 12.6. The maximum Gasteiger partial charge on any atom is 0.270 e. The molecule has 0 aliphatic heterocycles. The Bertz CT molecular complexity index is 815. The van der Waals surface area contributed by atoms with Crippen LogP contribution in [0.1, 0.15) is 17.2 Å². The fourth-order valence-corrected chi connectivity index (χ4v) is 2.83. The van der Waals surface area contributed by atoms with E-state index in [9.17, 15) is 15.4 Å².